The lowest BCUT2D eigenvalue weighted by Crippen LogP contribution is -2.42. The molecule has 2 amide bonds. The highest BCUT2D eigenvalue weighted by molar-refractivity contribution is 6.01. The maximum absolute atomic E-state index is 11.6. The first-order valence-corrected chi connectivity index (χ1v) is 7.34. The first-order chi connectivity index (χ1) is 9.61. The zero-order chi connectivity index (χ0) is 14.5. The fraction of sp³-hybridized carbons (Fsp3) is 0.786. The summed E-state index contributed by atoms with van der Waals surface area (Å²) in [6, 6.07) is 0. The molecule has 2 fully saturated rings. The standard InChI is InChI=1S/C14H22N2O4/c1-2-20-14(19)11-5-7-15(8-6-11)9-10-16-12(17)3-4-13(16)18/h11H,2-10H2,1H3. The molecule has 2 aliphatic rings. The molecule has 6 heteroatoms. The average molecular weight is 282 g/mol. The number of amides is 2. The molecule has 0 spiro atoms. The molecule has 20 heavy (non-hydrogen) atoms. The molecule has 0 saturated carbocycles. The third kappa shape index (κ3) is 3.56. The molecule has 2 rings (SSSR count). The first-order valence-electron chi connectivity index (χ1n) is 7.34. The molecule has 0 aromatic carbocycles. The SMILES string of the molecule is CCOC(=O)C1CCN(CCN2C(=O)CCC2=O)CC1. The van der Waals surface area contributed by atoms with Crippen molar-refractivity contribution in [2.45, 2.75) is 32.6 Å². The molecular formula is C14H22N2O4. The molecule has 112 valence electrons. The van der Waals surface area contributed by atoms with E-state index in [2.05, 4.69) is 4.90 Å². The zero-order valence-corrected chi connectivity index (χ0v) is 12.0. The van der Waals surface area contributed by atoms with Crippen LogP contribution in [0, 0.1) is 5.92 Å². The van der Waals surface area contributed by atoms with Crippen molar-refractivity contribution in [2.24, 2.45) is 5.92 Å². The summed E-state index contributed by atoms with van der Waals surface area (Å²) < 4.78 is 5.03. The Hall–Kier alpha value is -1.43. The van der Waals surface area contributed by atoms with Gasteiger partial charge in [0, 0.05) is 25.9 Å². The minimum Gasteiger partial charge on any atom is -0.466 e. The van der Waals surface area contributed by atoms with Gasteiger partial charge in [-0.15, -0.1) is 0 Å². The van der Waals surface area contributed by atoms with Crippen LogP contribution >= 0.6 is 0 Å². The summed E-state index contributed by atoms with van der Waals surface area (Å²) >= 11 is 0. The highest BCUT2D eigenvalue weighted by atomic mass is 16.5. The molecule has 0 unspecified atom stereocenters. The Bertz CT molecular complexity index is 373. The molecule has 0 N–H and O–H groups in total. The lowest BCUT2D eigenvalue weighted by atomic mass is 9.97. The van der Waals surface area contributed by atoms with Gasteiger partial charge in [-0.2, -0.15) is 0 Å². The van der Waals surface area contributed by atoms with Crippen LogP contribution in [-0.4, -0.2) is 60.4 Å². The number of carbonyl (C=O) groups excluding carboxylic acids is 3. The average Bonchev–Trinajstić information content (AvgIpc) is 2.77. The summed E-state index contributed by atoms with van der Waals surface area (Å²) in [7, 11) is 0. The molecule has 2 saturated heterocycles. The lowest BCUT2D eigenvalue weighted by molar-refractivity contribution is -0.149. The van der Waals surface area contributed by atoms with Gasteiger partial charge in [-0.1, -0.05) is 0 Å². The molecule has 0 radical (unpaired) electrons. The Morgan fingerprint density at radius 3 is 2.30 bits per heavy atom. The van der Waals surface area contributed by atoms with Gasteiger partial charge in [-0.05, 0) is 32.9 Å². The van der Waals surface area contributed by atoms with Gasteiger partial charge in [0.2, 0.25) is 11.8 Å². The highest BCUT2D eigenvalue weighted by Gasteiger charge is 2.30. The van der Waals surface area contributed by atoms with E-state index in [4.69, 9.17) is 4.74 Å². The van der Waals surface area contributed by atoms with Crippen molar-refractivity contribution in [1.82, 2.24) is 9.80 Å². The van der Waals surface area contributed by atoms with E-state index < -0.39 is 0 Å². The monoisotopic (exact) mass is 282 g/mol. The highest BCUT2D eigenvalue weighted by Crippen LogP contribution is 2.19. The molecule has 0 aromatic rings. The van der Waals surface area contributed by atoms with Gasteiger partial charge in [0.1, 0.15) is 0 Å². The third-order valence-corrected chi connectivity index (χ3v) is 4.00. The number of carbonyl (C=O) groups is 3. The second kappa shape index (κ2) is 6.83. The van der Waals surface area contributed by atoms with Gasteiger partial charge < -0.3 is 9.64 Å². The molecule has 2 heterocycles. The molecular weight excluding hydrogens is 260 g/mol. The van der Waals surface area contributed by atoms with Crippen LogP contribution in [0.5, 0.6) is 0 Å². The van der Waals surface area contributed by atoms with Crippen molar-refractivity contribution >= 4 is 17.8 Å². The summed E-state index contributed by atoms with van der Waals surface area (Å²) in [6.07, 6.45) is 2.29. The third-order valence-electron chi connectivity index (χ3n) is 4.00. The molecule has 2 aliphatic heterocycles. The Morgan fingerprint density at radius 1 is 1.15 bits per heavy atom. The fourth-order valence-corrected chi connectivity index (χ4v) is 2.77. The van der Waals surface area contributed by atoms with E-state index in [1.54, 1.807) is 0 Å². The fourth-order valence-electron chi connectivity index (χ4n) is 2.77. The second-order valence-corrected chi connectivity index (χ2v) is 5.31. The minimum atomic E-state index is -0.1000. The van der Waals surface area contributed by atoms with Gasteiger partial charge in [-0.25, -0.2) is 0 Å². The Labute approximate surface area is 119 Å². The number of piperidine rings is 1. The summed E-state index contributed by atoms with van der Waals surface area (Å²) in [4.78, 5) is 38.2. The number of ether oxygens (including phenoxy) is 1. The molecule has 0 bridgehead atoms. The zero-order valence-electron chi connectivity index (χ0n) is 12.0. The van der Waals surface area contributed by atoms with Gasteiger partial charge in [0.05, 0.1) is 12.5 Å². The largest absolute Gasteiger partial charge is 0.466 e. The van der Waals surface area contributed by atoms with E-state index in [1.807, 2.05) is 6.92 Å². The van der Waals surface area contributed by atoms with Crippen molar-refractivity contribution in [1.29, 1.82) is 0 Å². The van der Waals surface area contributed by atoms with Crippen LogP contribution in [0.15, 0.2) is 0 Å². The van der Waals surface area contributed by atoms with Crippen LogP contribution < -0.4 is 0 Å². The van der Waals surface area contributed by atoms with Crippen LogP contribution in [0.3, 0.4) is 0 Å². The molecule has 0 aromatic heterocycles. The minimum absolute atomic E-state index is 0.00116. The maximum atomic E-state index is 11.6. The normalized spacial score (nSPS) is 21.6. The lowest BCUT2D eigenvalue weighted by Gasteiger charge is -2.31. The molecule has 0 atom stereocenters. The van der Waals surface area contributed by atoms with Crippen LogP contribution in [-0.2, 0) is 19.1 Å². The smallest absolute Gasteiger partial charge is 0.309 e. The quantitative estimate of drug-likeness (QED) is 0.540. The van der Waals surface area contributed by atoms with E-state index in [0.717, 1.165) is 25.9 Å². The van der Waals surface area contributed by atoms with Crippen LogP contribution in [0.1, 0.15) is 32.6 Å². The Kier molecular flexibility index (Phi) is 5.11. The molecule has 6 nitrogen and oxygen atoms in total. The van der Waals surface area contributed by atoms with Gasteiger partial charge in [0.25, 0.3) is 0 Å². The summed E-state index contributed by atoms with van der Waals surface area (Å²) in [5.41, 5.74) is 0. The van der Waals surface area contributed by atoms with Crippen molar-refractivity contribution < 1.29 is 19.1 Å². The van der Waals surface area contributed by atoms with Gasteiger partial charge in [-0.3, -0.25) is 19.3 Å². The van der Waals surface area contributed by atoms with E-state index in [0.29, 0.717) is 32.5 Å². The molecule has 0 aliphatic carbocycles. The van der Waals surface area contributed by atoms with E-state index in [1.165, 1.54) is 4.90 Å². The number of rotatable bonds is 5. The Balaban J connectivity index is 1.71. The van der Waals surface area contributed by atoms with Crippen molar-refractivity contribution in [3.8, 4) is 0 Å². The Morgan fingerprint density at radius 2 is 1.75 bits per heavy atom. The van der Waals surface area contributed by atoms with Crippen molar-refractivity contribution in [3.05, 3.63) is 0 Å². The number of hydrogen-bond acceptors (Lipinski definition) is 5. The summed E-state index contributed by atoms with van der Waals surface area (Å²) in [6.45, 7) is 5.06. The number of nitrogens with zero attached hydrogens (tertiary/aromatic N) is 2. The van der Waals surface area contributed by atoms with Crippen LogP contribution in [0.2, 0.25) is 0 Å². The van der Waals surface area contributed by atoms with Crippen LogP contribution in [0.4, 0.5) is 0 Å². The van der Waals surface area contributed by atoms with Gasteiger partial charge in [0.15, 0.2) is 0 Å². The number of imide groups is 1. The predicted octanol–water partition coefficient (Wildman–Crippen LogP) is 0.410. The summed E-state index contributed by atoms with van der Waals surface area (Å²) in [5.74, 6) is -0.217. The predicted molar refractivity (Wildman–Crippen MR) is 71.8 cm³/mol. The second-order valence-electron chi connectivity index (χ2n) is 5.31. The van der Waals surface area contributed by atoms with Crippen molar-refractivity contribution in [3.63, 3.8) is 0 Å². The van der Waals surface area contributed by atoms with Gasteiger partial charge >= 0.3 is 5.97 Å². The number of hydrogen-bond donors (Lipinski definition) is 0. The van der Waals surface area contributed by atoms with E-state index >= 15 is 0 Å². The summed E-state index contributed by atoms with van der Waals surface area (Å²) in [5, 5.41) is 0. The maximum Gasteiger partial charge on any atom is 0.309 e. The first kappa shape index (κ1) is 15.0. The van der Waals surface area contributed by atoms with E-state index in [9.17, 15) is 14.4 Å². The number of likely N-dealkylation sites (tertiary alicyclic amines) is 2. The van der Waals surface area contributed by atoms with E-state index in [-0.39, 0.29) is 23.7 Å². The topological polar surface area (TPSA) is 66.9 Å². The van der Waals surface area contributed by atoms with Crippen LogP contribution in [0.25, 0.3) is 0 Å². The van der Waals surface area contributed by atoms with Crippen molar-refractivity contribution in [2.75, 3.05) is 32.8 Å². The number of esters is 1.